The van der Waals surface area contributed by atoms with Gasteiger partial charge in [0.2, 0.25) is 0 Å². The second-order valence-electron chi connectivity index (χ2n) is 8.48. The van der Waals surface area contributed by atoms with Crippen LogP contribution < -0.4 is 4.74 Å². The first-order chi connectivity index (χ1) is 11.3. The number of hydrogen-bond donors (Lipinski definition) is 1. The minimum Gasteiger partial charge on any atom is -0.493 e. The predicted molar refractivity (Wildman–Crippen MR) is 93.5 cm³/mol. The van der Waals surface area contributed by atoms with Crippen LogP contribution in [0.4, 0.5) is 0 Å². The Balaban J connectivity index is 1.65. The summed E-state index contributed by atoms with van der Waals surface area (Å²) in [7, 11) is 0. The largest absolute Gasteiger partial charge is 0.493 e. The third-order valence-corrected chi connectivity index (χ3v) is 5.01. The van der Waals surface area contributed by atoms with E-state index in [0.29, 0.717) is 30.4 Å². The zero-order valence-electron chi connectivity index (χ0n) is 15.0. The molecular weight excluding hydrogens is 302 g/mol. The fourth-order valence-electron chi connectivity index (χ4n) is 2.75. The molecule has 2 fully saturated rings. The molecule has 0 bridgehead atoms. The molecule has 24 heavy (non-hydrogen) atoms. The Labute approximate surface area is 144 Å². The molecule has 0 radical (unpaired) electrons. The second kappa shape index (κ2) is 6.83. The molecule has 0 aromatic carbocycles. The molecule has 2 saturated carbocycles. The van der Waals surface area contributed by atoms with Crippen molar-refractivity contribution in [3.05, 3.63) is 23.5 Å². The topological polar surface area (TPSA) is 59.4 Å². The number of pyridine rings is 1. The van der Waals surface area contributed by atoms with Gasteiger partial charge in [0.25, 0.3) is 0 Å². The van der Waals surface area contributed by atoms with E-state index in [0.717, 1.165) is 17.9 Å². The zero-order valence-corrected chi connectivity index (χ0v) is 15.0. The Bertz CT molecular complexity index is 597. The molecule has 2 aliphatic rings. The van der Waals surface area contributed by atoms with Crippen LogP contribution in [-0.2, 0) is 0 Å². The number of aliphatic hydroxyl groups is 1. The van der Waals surface area contributed by atoms with Crippen molar-refractivity contribution >= 4 is 5.78 Å². The van der Waals surface area contributed by atoms with Gasteiger partial charge in [-0.1, -0.05) is 20.8 Å². The summed E-state index contributed by atoms with van der Waals surface area (Å²) in [4.78, 5) is 16.8. The summed E-state index contributed by atoms with van der Waals surface area (Å²) in [5, 5.41) is 10.1. The summed E-state index contributed by atoms with van der Waals surface area (Å²) in [6.07, 6.45) is 6.99. The molecule has 1 aromatic rings. The van der Waals surface area contributed by atoms with Gasteiger partial charge < -0.3 is 9.84 Å². The normalized spacial score (nSPS) is 19.2. The highest BCUT2D eigenvalue weighted by Gasteiger charge is 2.30. The van der Waals surface area contributed by atoms with Gasteiger partial charge in [-0.15, -0.1) is 0 Å². The fourth-order valence-corrected chi connectivity index (χ4v) is 2.75. The van der Waals surface area contributed by atoms with Gasteiger partial charge in [-0.25, -0.2) is 0 Å². The Kier molecular flexibility index (Phi) is 4.95. The van der Waals surface area contributed by atoms with Gasteiger partial charge in [-0.2, -0.15) is 0 Å². The maximum absolute atomic E-state index is 12.4. The zero-order chi connectivity index (χ0) is 17.3. The average molecular weight is 331 g/mol. The van der Waals surface area contributed by atoms with Crippen LogP contribution in [0, 0.1) is 11.3 Å². The van der Waals surface area contributed by atoms with Crippen molar-refractivity contribution in [3.63, 3.8) is 0 Å². The summed E-state index contributed by atoms with van der Waals surface area (Å²) in [6, 6.07) is 1.82. The van der Waals surface area contributed by atoms with Crippen molar-refractivity contribution < 1.29 is 14.6 Å². The number of carbonyl (C=O) groups is 1. The van der Waals surface area contributed by atoms with Crippen LogP contribution in [0.25, 0.3) is 0 Å². The highest BCUT2D eigenvalue weighted by molar-refractivity contribution is 5.94. The molecular formula is C20H29NO3. The molecule has 1 N–H and O–H groups in total. The third-order valence-electron chi connectivity index (χ3n) is 5.01. The molecule has 0 amide bonds. The van der Waals surface area contributed by atoms with Crippen LogP contribution in [0.1, 0.15) is 81.3 Å². The van der Waals surface area contributed by atoms with E-state index < -0.39 is 6.10 Å². The maximum Gasteiger partial charge on any atom is 0.181 e. The number of ketones is 1. The van der Waals surface area contributed by atoms with E-state index in [9.17, 15) is 9.90 Å². The van der Waals surface area contributed by atoms with E-state index in [1.807, 2.05) is 33.0 Å². The SMILES string of the molecule is CC(C)(C)C(O)CCC(=O)c1cc(OCC2CC2)c(C2CC2)cn1. The van der Waals surface area contributed by atoms with E-state index in [2.05, 4.69) is 4.98 Å². The van der Waals surface area contributed by atoms with Gasteiger partial charge >= 0.3 is 0 Å². The maximum atomic E-state index is 12.4. The first kappa shape index (κ1) is 17.4. The van der Waals surface area contributed by atoms with E-state index in [1.54, 1.807) is 0 Å². The molecule has 0 spiro atoms. The van der Waals surface area contributed by atoms with Gasteiger partial charge in [0.05, 0.1) is 12.7 Å². The number of aromatic nitrogens is 1. The molecule has 1 unspecified atom stereocenters. The average Bonchev–Trinajstić information content (AvgIpc) is 3.42. The second-order valence-corrected chi connectivity index (χ2v) is 8.48. The number of nitrogens with zero attached hydrogens (tertiary/aromatic N) is 1. The van der Waals surface area contributed by atoms with Crippen LogP contribution in [0.2, 0.25) is 0 Å². The Morgan fingerprint density at radius 2 is 2.04 bits per heavy atom. The number of aliphatic hydroxyl groups excluding tert-OH is 1. The van der Waals surface area contributed by atoms with Crippen LogP contribution in [0.3, 0.4) is 0 Å². The van der Waals surface area contributed by atoms with Crippen molar-refractivity contribution in [1.82, 2.24) is 4.98 Å². The highest BCUT2D eigenvalue weighted by Crippen LogP contribution is 2.44. The molecule has 0 saturated heterocycles. The molecule has 4 heteroatoms. The monoisotopic (exact) mass is 331 g/mol. The predicted octanol–water partition coefficient (Wildman–Crippen LogP) is 4.12. The summed E-state index contributed by atoms with van der Waals surface area (Å²) in [5.74, 6) is 2.07. The van der Waals surface area contributed by atoms with E-state index >= 15 is 0 Å². The lowest BCUT2D eigenvalue weighted by Gasteiger charge is -2.25. The molecule has 0 aliphatic heterocycles. The number of carbonyl (C=O) groups excluding carboxylic acids is 1. The smallest absolute Gasteiger partial charge is 0.181 e. The van der Waals surface area contributed by atoms with E-state index in [4.69, 9.17) is 4.74 Å². The van der Waals surface area contributed by atoms with Crippen molar-refractivity contribution in [1.29, 1.82) is 0 Å². The highest BCUT2D eigenvalue weighted by atomic mass is 16.5. The van der Waals surface area contributed by atoms with Gasteiger partial charge in [0.1, 0.15) is 11.4 Å². The lowest BCUT2D eigenvalue weighted by molar-refractivity contribution is 0.0517. The lowest BCUT2D eigenvalue weighted by atomic mass is 9.86. The standard InChI is InChI=1S/C20H29NO3/c1-20(2,3)19(23)9-8-17(22)16-10-18(24-12-13-4-5-13)15(11-21-16)14-6-7-14/h10-11,13-14,19,23H,4-9,12H2,1-3H3. The van der Waals surface area contributed by atoms with Gasteiger partial charge in [0, 0.05) is 24.2 Å². The van der Waals surface area contributed by atoms with E-state index in [1.165, 1.54) is 25.7 Å². The number of Topliss-reactive ketones (excluding diaryl/α,β-unsaturated/α-hetero) is 1. The molecule has 3 rings (SSSR count). The van der Waals surface area contributed by atoms with E-state index in [-0.39, 0.29) is 11.2 Å². The van der Waals surface area contributed by atoms with Gasteiger partial charge in [0.15, 0.2) is 5.78 Å². The first-order valence-corrected chi connectivity index (χ1v) is 9.18. The van der Waals surface area contributed by atoms with Crippen molar-refractivity contribution in [2.24, 2.45) is 11.3 Å². The molecule has 4 nitrogen and oxygen atoms in total. The molecule has 2 aliphatic carbocycles. The minimum atomic E-state index is -0.488. The van der Waals surface area contributed by atoms with Crippen molar-refractivity contribution in [3.8, 4) is 5.75 Å². The summed E-state index contributed by atoms with van der Waals surface area (Å²) in [6.45, 7) is 6.69. The molecule has 1 aromatic heterocycles. The molecule has 1 atom stereocenters. The summed E-state index contributed by atoms with van der Waals surface area (Å²) >= 11 is 0. The van der Waals surface area contributed by atoms with Crippen LogP contribution in [-0.4, -0.2) is 28.6 Å². The quantitative estimate of drug-likeness (QED) is 0.728. The van der Waals surface area contributed by atoms with Crippen LogP contribution >= 0.6 is 0 Å². The Morgan fingerprint density at radius 3 is 2.62 bits per heavy atom. The third kappa shape index (κ3) is 4.56. The minimum absolute atomic E-state index is 0.0167. The number of rotatable bonds is 8. The first-order valence-electron chi connectivity index (χ1n) is 9.18. The van der Waals surface area contributed by atoms with Crippen molar-refractivity contribution in [2.45, 2.75) is 71.3 Å². The Hall–Kier alpha value is -1.42. The van der Waals surface area contributed by atoms with Gasteiger partial charge in [-0.3, -0.25) is 9.78 Å². The van der Waals surface area contributed by atoms with Crippen LogP contribution in [0.5, 0.6) is 5.75 Å². The Morgan fingerprint density at radius 1 is 1.33 bits per heavy atom. The number of hydrogen-bond acceptors (Lipinski definition) is 4. The fraction of sp³-hybridized carbons (Fsp3) is 0.700. The molecule has 132 valence electrons. The van der Waals surface area contributed by atoms with Crippen LogP contribution in [0.15, 0.2) is 12.3 Å². The van der Waals surface area contributed by atoms with Crippen molar-refractivity contribution in [2.75, 3.05) is 6.61 Å². The summed E-state index contributed by atoms with van der Waals surface area (Å²) in [5.41, 5.74) is 1.41. The van der Waals surface area contributed by atoms with Gasteiger partial charge in [-0.05, 0) is 49.4 Å². The number of ether oxygens (including phenoxy) is 1. The lowest BCUT2D eigenvalue weighted by Crippen LogP contribution is -2.26. The summed E-state index contributed by atoms with van der Waals surface area (Å²) < 4.78 is 5.99. The molecule has 1 heterocycles.